The van der Waals surface area contributed by atoms with E-state index in [-0.39, 0.29) is 12.1 Å². The largest absolute Gasteiger partial charge is 0.481 e. The average Bonchev–Trinajstić information content (AvgIpc) is 3.46. The van der Waals surface area contributed by atoms with Gasteiger partial charge in [0.1, 0.15) is 5.41 Å². The van der Waals surface area contributed by atoms with Crippen molar-refractivity contribution in [3.8, 4) is 0 Å². The summed E-state index contributed by atoms with van der Waals surface area (Å²) in [6, 6.07) is 9.66. The molecular weight excluding hydrogens is 344 g/mol. The number of aromatic nitrogens is 1. The van der Waals surface area contributed by atoms with E-state index in [1.807, 2.05) is 35.2 Å². The van der Waals surface area contributed by atoms with Gasteiger partial charge in [0.2, 0.25) is 0 Å². The molecule has 1 aliphatic heterocycles. The molecule has 1 saturated heterocycles. The first-order chi connectivity index (χ1) is 12.9. The van der Waals surface area contributed by atoms with Crippen LogP contribution in [0.1, 0.15) is 31.2 Å². The summed E-state index contributed by atoms with van der Waals surface area (Å²) in [7, 11) is 1.77. The fourth-order valence-corrected chi connectivity index (χ4v) is 4.48. The van der Waals surface area contributed by atoms with Gasteiger partial charge in [-0.05, 0) is 36.3 Å². The van der Waals surface area contributed by atoms with E-state index < -0.39 is 17.5 Å². The Balaban J connectivity index is 1.63. The first-order valence-corrected chi connectivity index (χ1v) is 9.62. The molecule has 1 aliphatic carbocycles. The number of aliphatic carboxylic acids is 1. The monoisotopic (exact) mass is 370 g/mol. The normalized spacial score (nSPS) is 26.4. The summed E-state index contributed by atoms with van der Waals surface area (Å²) in [6.45, 7) is 1.29. The van der Waals surface area contributed by atoms with Gasteiger partial charge in [0, 0.05) is 32.2 Å². The minimum Gasteiger partial charge on any atom is -0.481 e. The Morgan fingerprint density at radius 1 is 1.26 bits per heavy atom. The smallest absolute Gasteiger partial charge is 0.313 e. The molecule has 0 unspecified atom stereocenters. The maximum absolute atomic E-state index is 12.8. The van der Waals surface area contributed by atoms with Crippen molar-refractivity contribution in [1.29, 1.82) is 0 Å². The van der Waals surface area contributed by atoms with Gasteiger partial charge in [-0.2, -0.15) is 0 Å². The maximum Gasteiger partial charge on any atom is 0.313 e. The Kier molecular flexibility index (Phi) is 4.56. The van der Waals surface area contributed by atoms with Crippen molar-refractivity contribution in [3.63, 3.8) is 0 Å². The number of benzene rings is 1. The topological polar surface area (TPSA) is 82.8 Å². The molecule has 2 N–H and O–H groups in total. The Labute approximate surface area is 158 Å². The van der Waals surface area contributed by atoms with Gasteiger partial charge in [-0.1, -0.05) is 31.0 Å². The average molecular weight is 370 g/mol. The van der Waals surface area contributed by atoms with Gasteiger partial charge in [-0.15, -0.1) is 0 Å². The number of para-hydroxylation sites is 1. The van der Waals surface area contributed by atoms with Gasteiger partial charge in [-0.3, -0.25) is 14.5 Å². The van der Waals surface area contributed by atoms with Crippen LogP contribution >= 0.6 is 0 Å². The van der Waals surface area contributed by atoms with E-state index in [2.05, 4.69) is 0 Å². The van der Waals surface area contributed by atoms with E-state index in [4.69, 9.17) is 0 Å². The van der Waals surface area contributed by atoms with Crippen molar-refractivity contribution in [2.45, 2.75) is 38.3 Å². The zero-order valence-corrected chi connectivity index (χ0v) is 15.6. The highest BCUT2D eigenvalue weighted by atomic mass is 16.4. The number of rotatable bonds is 5. The lowest BCUT2D eigenvalue weighted by molar-refractivity contribution is -0.165. The first-order valence-electron chi connectivity index (χ1n) is 9.62. The Bertz CT molecular complexity index is 933. The number of piperidine rings is 1. The molecule has 4 rings (SSSR count). The molecule has 2 heterocycles. The van der Waals surface area contributed by atoms with Gasteiger partial charge < -0.3 is 14.8 Å². The summed E-state index contributed by atoms with van der Waals surface area (Å²) >= 11 is 0. The van der Waals surface area contributed by atoms with E-state index in [0.29, 0.717) is 37.4 Å². The fraction of sp³-hybridized carbons (Fsp3) is 0.524. The number of likely N-dealkylation sites (tertiary alicyclic amines) is 1. The zero-order valence-electron chi connectivity index (χ0n) is 15.6. The van der Waals surface area contributed by atoms with Gasteiger partial charge >= 0.3 is 5.97 Å². The molecule has 2 atom stereocenters. The fourth-order valence-electron chi connectivity index (χ4n) is 4.48. The van der Waals surface area contributed by atoms with Crippen LogP contribution in [0.15, 0.2) is 35.1 Å². The van der Waals surface area contributed by atoms with Crippen molar-refractivity contribution >= 4 is 16.9 Å². The highest BCUT2D eigenvalue weighted by Crippen LogP contribution is 2.45. The summed E-state index contributed by atoms with van der Waals surface area (Å²) in [5, 5.41) is 21.4. The van der Waals surface area contributed by atoms with Crippen molar-refractivity contribution in [2.24, 2.45) is 18.4 Å². The van der Waals surface area contributed by atoms with Crippen molar-refractivity contribution in [1.82, 2.24) is 9.47 Å². The predicted octanol–water partition coefficient (Wildman–Crippen LogP) is 1.98. The van der Waals surface area contributed by atoms with Crippen LogP contribution in [0, 0.1) is 11.3 Å². The van der Waals surface area contributed by atoms with Crippen LogP contribution < -0.4 is 5.56 Å². The number of nitrogens with zero attached hydrogens (tertiary/aromatic N) is 2. The zero-order chi connectivity index (χ0) is 19.2. The molecule has 27 heavy (non-hydrogen) atoms. The number of pyridine rings is 1. The number of aliphatic hydroxyl groups excluding tert-OH is 1. The second-order valence-corrected chi connectivity index (χ2v) is 8.22. The lowest BCUT2D eigenvalue weighted by Crippen LogP contribution is -2.56. The number of carbonyl (C=O) groups is 1. The predicted molar refractivity (Wildman–Crippen MR) is 102 cm³/mol. The van der Waals surface area contributed by atoms with E-state index in [1.165, 1.54) is 0 Å². The molecule has 1 aromatic carbocycles. The summed E-state index contributed by atoms with van der Waals surface area (Å²) in [4.78, 5) is 26.9. The summed E-state index contributed by atoms with van der Waals surface area (Å²) in [5.41, 5.74) is 0.372. The molecule has 2 aliphatic rings. The standard InChI is InChI=1S/C21H26N2O4/c1-22-17-5-3-2-4-15(17)10-16(19(22)25)12-23-9-8-18(24)21(13-23,20(26)27)11-14-6-7-14/h2-5,10,14,18,24H,6-9,11-13H2,1H3,(H,26,27)/t18-,21+/m0/s1. The van der Waals surface area contributed by atoms with E-state index >= 15 is 0 Å². The lowest BCUT2D eigenvalue weighted by Gasteiger charge is -2.43. The number of aliphatic hydroxyl groups is 1. The van der Waals surface area contributed by atoms with Crippen LogP contribution in [0.3, 0.4) is 0 Å². The van der Waals surface area contributed by atoms with E-state index in [0.717, 1.165) is 23.7 Å². The molecule has 6 heteroatoms. The summed E-state index contributed by atoms with van der Waals surface area (Å²) < 4.78 is 1.65. The molecule has 0 amide bonds. The molecule has 144 valence electrons. The molecule has 0 bridgehead atoms. The number of fused-ring (bicyclic) bond motifs is 1. The van der Waals surface area contributed by atoms with Gasteiger partial charge in [0.25, 0.3) is 5.56 Å². The number of aryl methyl sites for hydroxylation is 1. The third-order valence-corrected chi connectivity index (χ3v) is 6.24. The Morgan fingerprint density at radius 3 is 2.70 bits per heavy atom. The highest BCUT2D eigenvalue weighted by Gasteiger charge is 2.51. The van der Waals surface area contributed by atoms with Crippen LogP contribution in [0.4, 0.5) is 0 Å². The van der Waals surface area contributed by atoms with Crippen molar-refractivity contribution in [2.75, 3.05) is 13.1 Å². The second-order valence-electron chi connectivity index (χ2n) is 8.22. The van der Waals surface area contributed by atoms with E-state index in [9.17, 15) is 19.8 Å². The molecule has 2 aromatic rings. The number of hydrogen-bond acceptors (Lipinski definition) is 4. The van der Waals surface area contributed by atoms with Crippen molar-refractivity contribution < 1.29 is 15.0 Å². The van der Waals surface area contributed by atoms with Crippen LogP contribution in [0.25, 0.3) is 10.9 Å². The minimum absolute atomic E-state index is 0.0528. The van der Waals surface area contributed by atoms with Gasteiger partial charge in [0.15, 0.2) is 0 Å². The van der Waals surface area contributed by atoms with Crippen LogP contribution in [-0.2, 0) is 18.4 Å². The van der Waals surface area contributed by atoms with Crippen LogP contribution in [0.5, 0.6) is 0 Å². The number of carboxylic acid groups (broad SMARTS) is 1. The van der Waals surface area contributed by atoms with E-state index in [1.54, 1.807) is 11.6 Å². The van der Waals surface area contributed by atoms with Gasteiger partial charge in [0.05, 0.1) is 11.6 Å². The Morgan fingerprint density at radius 2 is 2.00 bits per heavy atom. The molecule has 1 saturated carbocycles. The van der Waals surface area contributed by atoms with Crippen molar-refractivity contribution in [3.05, 3.63) is 46.2 Å². The Hall–Kier alpha value is -2.18. The summed E-state index contributed by atoms with van der Waals surface area (Å²) in [5.74, 6) is -0.512. The SMILES string of the molecule is Cn1c(=O)c(CN2CC[C@H](O)[C@](CC3CC3)(C(=O)O)C2)cc2ccccc21. The number of hydrogen-bond donors (Lipinski definition) is 2. The second kappa shape index (κ2) is 6.77. The third kappa shape index (κ3) is 3.28. The first kappa shape index (κ1) is 18.2. The third-order valence-electron chi connectivity index (χ3n) is 6.24. The quantitative estimate of drug-likeness (QED) is 0.841. The van der Waals surface area contributed by atoms with Gasteiger partial charge in [-0.25, -0.2) is 0 Å². The molecule has 1 aromatic heterocycles. The molecule has 6 nitrogen and oxygen atoms in total. The molecule has 0 radical (unpaired) electrons. The lowest BCUT2D eigenvalue weighted by atomic mass is 9.73. The highest BCUT2D eigenvalue weighted by molar-refractivity contribution is 5.79. The molecular formula is C21H26N2O4. The maximum atomic E-state index is 12.8. The number of carboxylic acids is 1. The molecule has 2 fully saturated rings. The minimum atomic E-state index is -1.12. The van der Waals surface area contributed by atoms with Crippen LogP contribution in [-0.4, -0.2) is 44.8 Å². The summed E-state index contributed by atoms with van der Waals surface area (Å²) in [6.07, 6.45) is 2.22. The molecule has 0 spiro atoms. The van der Waals surface area contributed by atoms with Crippen LogP contribution in [0.2, 0.25) is 0 Å².